The molecule has 1 N–H and O–H groups in total. The number of benzene rings is 1. The number of hydrogen-bond acceptors (Lipinski definition) is 2. The van der Waals surface area contributed by atoms with Crippen molar-refractivity contribution in [3.05, 3.63) is 35.4 Å². The monoisotopic (exact) mass is 219 g/mol. The predicted molar refractivity (Wildman–Crippen MR) is 67.8 cm³/mol. The number of Topliss-reactive ketones (excluding diaryl/α,β-unsaturated/α-hetero) is 1. The van der Waals surface area contributed by atoms with Crippen LogP contribution in [0.15, 0.2) is 24.3 Å². The van der Waals surface area contributed by atoms with Gasteiger partial charge < -0.3 is 5.32 Å². The van der Waals surface area contributed by atoms with Crippen molar-refractivity contribution in [1.82, 2.24) is 5.32 Å². The lowest BCUT2D eigenvalue weighted by atomic mass is 9.98. The molecular weight excluding hydrogens is 198 g/mol. The van der Waals surface area contributed by atoms with Gasteiger partial charge in [0.25, 0.3) is 0 Å². The molecule has 0 aliphatic rings. The van der Waals surface area contributed by atoms with Crippen LogP contribution in [-0.2, 0) is 11.2 Å². The molecule has 0 amide bonds. The molecule has 0 aliphatic carbocycles. The Bertz CT molecular complexity index is 340. The first-order valence-electron chi connectivity index (χ1n) is 5.81. The smallest absolute Gasteiger partial charge is 0.147 e. The zero-order chi connectivity index (χ0) is 12.1. The minimum atomic E-state index is -0.0649. The maximum atomic E-state index is 11.3. The van der Waals surface area contributed by atoms with Crippen LogP contribution >= 0.6 is 0 Å². The minimum Gasteiger partial charge on any atom is -0.310 e. The number of carbonyl (C=O) groups is 1. The third-order valence-corrected chi connectivity index (χ3v) is 2.93. The van der Waals surface area contributed by atoms with E-state index >= 15 is 0 Å². The van der Waals surface area contributed by atoms with Gasteiger partial charge in [0.15, 0.2) is 0 Å². The fourth-order valence-electron chi connectivity index (χ4n) is 1.72. The zero-order valence-corrected chi connectivity index (χ0v) is 10.6. The van der Waals surface area contributed by atoms with Gasteiger partial charge in [-0.2, -0.15) is 0 Å². The van der Waals surface area contributed by atoms with Gasteiger partial charge in [0.05, 0.1) is 6.04 Å². The van der Waals surface area contributed by atoms with E-state index in [9.17, 15) is 4.79 Å². The molecule has 0 fully saturated rings. The molecule has 0 saturated carbocycles. The van der Waals surface area contributed by atoms with E-state index < -0.39 is 0 Å². The number of likely N-dealkylation sites (N-methyl/N-ethyl adjacent to an activating group) is 1. The van der Waals surface area contributed by atoms with Gasteiger partial charge in [-0.1, -0.05) is 38.1 Å². The summed E-state index contributed by atoms with van der Waals surface area (Å²) in [5.41, 5.74) is 2.55. The first-order valence-corrected chi connectivity index (χ1v) is 5.81. The second-order valence-electron chi connectivity index (χ2n) is 4.55. The van der Waals surface area contributed by atoms with Crippen molar-refractivity contribution in [3.8, 4) is 0 Å². The van der Waals surface area contributed by atoms with Crippen LogP contribution in [0.3, 0.4) is 0 Å². The number of carbonyl (C=O) groups excluding carboxylic acids is 1. The Morgan fingerprint density at radius 1 is 1.25 bits per heavy atom. The van der Waals surface area contributed by atoms with Crippen molar-refractivity contribution in [2.75, 3.05) is 7.05 Å². The average Bonchev–Trinajstić information content (AvgIpc) is 2.26. The van der Waals surface area contributed by atoms with Gasteiger partial charge in [-0.05, 0) is 37.4 Å². The molecule has 16 heavy (non-hydrogen) atoms. The van der Waals surface area contributed by atoms with Gasteiger partial charge in [0.2, 0.25) is 0 Å². The minimum absolute atomic E-state index is 0.0649. The first-order chi connectivity index (χ1) is 7.54. The molecule has 1 atom stereocenters. The van der Waals surface area contributed by atoms with E-state index in [1.807, 2.05) is 7.05 Å². The van der Waals surface area contributed by atoms with Gasteiger partial charge in [-0.3, -0.25) is 4.79 Å². The van der Waals surface area contributed by atoms with Crippen LogP contribution in [0.2, 0.25) is 0 Å². The third kappa shape index (κ3) is 3.46. The molecule has 1 unspecified atom stereocenters. The van der Waals surface area contributed by atoms with E-state index in [0.717, 1.165) is 6.42 Å². The molecule has 2 heteroatoms. The molecule has 0 bridgehead atoms. The van der Waals surface area contributed by atoms with Crippen molar-refractivity contribution in [3.63, 3.8) is 0 Å². The molecule has 0 spiro atoms. The van der Waals surface area contributed by atoms with E-state index in [-0.39, 0.29) is 11.8 Å². The molecule has 2 nitrogen and oxygen atoms in total. The Hall–Kier alpha value is -1.15. The molecule has 88 valence electrons. The molecule has 0 saturated heterocycles. The van der Waals surface area contributed by atoms with Crippen LogP contribution < -0.4 is 5.32 Å². The van der Waals surface area contributed by atoms with E-state index in [1.54, 1.807) is 6.92 Å². The maximum absolute atomic E-state index is 11.3. The van der Waals surface area contributed by atoms with Crippen LogP contribution in [0, 0.1) is 0 Å². The van der Waals surface area contributed by atoms with Gasteiger partial charge in [-0.15, -0.1) is 0 Å². The predicted octanol–water partition coefficient (Wildman–Crippen LogP) is 2.53. The summed E-state index contributed by atoms with van der Waals surface area (Å²) in [5, 5.41) is 3.04. The largest absolute Gasteiger partial charge is 0.310 e. The van der Waals surface area contributed by atoms with Crippen molar-refractivity contribution in [1.29, 1.82) is 0 Å². The van der Waals surface area contributed by atoms with Crippen molar-refractivity contribution in [2.24, 2.45) is 0 Å². The lowest BCUT2D eigenvalue weighted by Crippen LogP contribution is -2.34. The highest BCUT2D eigenvalue weighted by molar-refractivity contribution is 5.81. The van der Waals surface area contributed by atoms with E-state index in [1.165, 1.54) is 11.1 Å². The summed E-state index contributed by atoms with van der Waals surface area (Å²) in [5.74, 6) is 0.748. The Labute approximate surface area is 98.1 Å². The van der Waals surface area contributed by atoms with E-state index in [0.29, 0.717) is 5.92 Å². The van der Waals surface area contributed by atoms with Gasteiger partial charge >= 0.3 is 0 Å². The van der Waals surface area contributed by atoms with E-state index in [4.69, 9.17) is 0 Å². The summed E-state index contributed by atoms with van der Waals surface area (Å²) in [4.78, 5) is 11.3. The van der Waals surface area contributed by atoms with Gasteiger partial charge in [0.1, 0.15) is 5.78 Å². The van der Waals surface area contributed by atoms with Crippen LogP contribution in [-0.4, -0.2) is 18.9 Å². The SMILES string of the molecule is CNC(Cc1ccc(C(C)C)cc1)C(C)=O. The van der Waals surface area contributed by atoms with E-state index in [2.05, 4.69) is 43.4 Å². The second kappa shape index (κ2) is 5.80. The Morgan fingerprint density at radius 2 is 1.81 bits per heavy atom. The molecule has 0 aromatic heterocycles. The topological polar surface area (TPSA) is 29.1 Å². The van der Waals surface area contributed by atoms with Gasteiger partial charge in [0, 0.05) is 0 Å². The Kier molecular flexibility index (Phi) is 4.69. The summed E-state index contributed by atoms with van der Waals surface area (Å²) in [6.45, 7) is 5.99. The van der Waals surface area contributed by atoms with Crippen molar-refractivity contribution >= 4 is 5.78 Å². The Balaban J connectivity index is 2.71. The quantitative estimate of drug-likeness (QED) is 0.824. The van der Waals surface area contributed by atoms with Crippen LogP contribution in [0.4, 0.5) is 0 Å². The number of rotatable bonds is 5. The average molecular weight is 219 g/mol. The summed E-state index contributed by atoms with van der Waals surface area (Å²) in [7, 11) is 1.83. The third-order valence-electron chi connectivity index (χ3n) is 2.93. The molecular formula is C14H21NO. The normalized spacial score (nSPS) is 12.8. The lowest BCUT2D eigenvalue weighted by molar-refractivity contribution is -0.118. The summed E-state index contributed by atoms with van der Waals surface area (Å²) < 4.78 is 0. The number of nitrogens with one attached hydrogen (secondary N) is 1. The fourth-order valence-corrected chi connectivity index (χ4v) is 1.72. The fraction of sp³-hybridized carbons (Fsp3) is 0.500. The van der Waals surface area contributed by atoms with Gasteiger partial charge in [-0.25, -0.2) is 0 Å². The number of hydrogen-bond donors (Lipinski definition) is 1. The first kappa shape index (κ1) is 12.9. The molecule has 0 aliphatic heterocycles. The molecule has 1 rings (SSSR count). The second-order valence-corrected chi connectivity index (χ2v) is 4.55. The summed E-state index contributed by atoms with van der Waals surface area (Å²) in [6.07, 6.45) is 0.768. The standard InChI is InChI=1S/C14H21NO/c1-10(2)13-7-5-12(6-8-13)9-14(15-4)11(3)16/h5-8,10,14-15H,9H2,1-4H3. The molecule has 1 aromatic rings. The summed E-state index contributed by atoms with van der Waals surface area (Å²) >= 11 is 0. The highest BCUT2D eigenvalue weighted by Gasteiger charge is 2.11. The highest BCUT2D eigenvalue weighted by atomic mass is 16.1. The zero-order valence-electron chi connectivity index (χ0n) is 10.6. The summed E-state index contributed by atoms with van der Waals surface area (Å²) in [6, 6.07) is 8.45. The van der Waals surface area contributed by atoms with Crippen LogP contribution in [0.1, 0.15) is 37.8 Å². The Morgan fingerprint density at radius 3 is 2.19 bits per heavy atom. The highest BCUT2D eigenvalue weighted by Crippen LogP contribution is 2.15. The van der Waals surface area contributed by atoms with Crippen LogP contribution in [0.25, 0.3) is 0 Å². The molecule has 0 radical (unpaired) electrons. The van der Waals surface area contributed by atoms with Crippen LogP contribution in [0.5, 0.6) is 0 Å². The molecule has 0 heterocycles. The van der Waals surface area contributed by atoms with Crippen molar-refractivity contribution < 1.29 is 4.79 Å². The number of ketones is 1. The maximum Gasteiger partial charge on any atom is 0.147 e. The molecule has 1 aromatic carbocycles. The van der Waals surface area contributed by atoms with Crippen molar-refractivity contribution in [2.45, 2.75) is 39.2 Å². The lowest BCUT2D eigenvalue weighted by Gasteiger charge is -2.13.